The van der Waals surface area contributed by atoms with Crippen LogP contribution in [-0.4, -0.2) is 54.3 Å². The second-order valence-electron chi connectivity index (χ2n) is 8.38. The van der Waals surface area contributed by atoms with E-state index in [1.54, 1.807) is 0 Å². The molecule has 0 unspecified atom stereocenters. The predicted octanol–water partition coefficient (Wildman–Crippen LogP) is 2.40. The lowest BCUT2D eigenvalue weighted by Crippen LogP contribution is -2.29. The Morgan fingerprint density at radius 1 is 0.750 bits per heavy atom. The molecule has 0 aliphatic carbocycles. The van der Waals surface area contributed by atoms with Gasteiger partial charge in [-0.3, -0.25) is 9.11 Å². The largest absolute Gasteiger partial charge is 0.488 e. The molecule has 5 aromatic rings. The van der Waals surface area contributed by atoms with E-state index in [0.29, 0.717) is 12.0 Å². The molecule has 0 bridgehead atoms. The van der Waals surface area contributed by atoms with Crippen molar-refractivity contribution in [1.29, 1.82) is 0 Å². The minimum Gasteiger partial charge on any atom is -0.423 e. The van der Waals surface area contributed by atoms with Gasteiger partial charge in [-0.1, -0.05) is 35.4 Å². The van der Waals surface area contributed by atoms with E-state index >= 15 is 0 Å². The molecule has 206 valence electrons. The van der Waals surface area contributed by atoms with Gasteiger partial charge in [0.05, 0.1) is 17.6 Å². The molecule has 0 fully saturated rings. The Bertz CT molecular complexity index is 2010. The molecule has 0 amide bonds. The Morgan fingerprint density at radius 2 is 1.27 bits per heavy atom. The maximum atomic E-state index is 12.9. The molecule has 0 atom stereocenters. The zero-order chi connectivity index (χ0) is 29.0. The summed E-state index contributed by atoms with van der Waals surface area (Å²) in [6.07, 6.45) is 0. The molecule has 0 aromatic heterocycles. The van der Waals surface area contributed by atoms with Gasteiger partial charge in [0.2, 0.25) is 0 Å². The summed E-state index contributed by atoms with van der Waals surface area (Å²) in [6.45, 7) is 0. The van der Waals surface area contributed by atoms with Crippen molar-refractivity contribution < 1.29 is 60.1 Å². The van der Waals surface area contributed by atoms with Crippen molar-refractivity contribution in [2.24, 2.45) is 0 Å². The predicted molar refractivity (Wildman–Crippen MR) is 142 cm³/mol. The topological polar surface area (TPSA) is 214 Å². The van der Waals surface area contributed by atoms with Crippen LogP contribution in [0.3, 0.4) is 0 Å². The van der Waals surface area contributed by atoms with Crippen LogP contribution in [0, 0.1) is 0 Å². The highest BCUT2D eigenvalue weighted by Crippen LogP contribution is 2.46. The molecule has 40 heavy (non-hydrogen) atoms. The summed E-state index contributed by atoms with van der Waals surface area (Å²) >= 11 is 0.392. The van der Waals surface area contributed by atoms with Gasteiger partial charge in [0.15, 0.2) is 0 Å². The summed E-state index contributed by atoms with van der Waals surface area (Å²) in [4.78, 5) is 11.7. The SMILES string of the molecule is O=C(Oc1cc(S(=O)(=O)O)c2ccc3c(S(=O)(=O)O)cc(SOOO)c4ccc1c2c43)c1ccc(B(O)O)cc1. The third-order valence-corrected chi connectivity index (χ3v) is 8.54. The lowest BCUT2D eigenvalue weighted by Gasteiger charge is -2.18. The minimum atomic E-state index is -4.93. The third-order valence-electron chi connectivity index (χ3n) is 6.10. The molecule has 5 N–H and O–H groups in total. The van der Waals surface area contributed by atoms with E-state index in [2.05, 4.69) is 9.37 Å². The second-order valence-corrected chi connectivity index (χ2v) is 11.9. The number of esters is 1. The van der Waals surface area contributed by atoms with Gasteiger partial charge in [-0.15, -0.1) is 4.33 Å². The van der Waals surface area contributed by atoms with Crippen molar-refractivity contribution in [3.05, 3.63) is 66.2 Å². The first-order valence-electron chi connectivity index (χ1n) is 10.9. The smallest absolute Gasteiger partial charge is 0.423 e. The normalized spacial score (nSPS) is 12.4. The van der Waals surface area contributed by atoms with Crippen LogP contribution in [0.25, 0.3) is 32.3 Å². The summed E-state index contributed by atoms with van der Waals surface area (Å²) < 4.78 is 79.2. The highest BCUT2D eigenvalue weighted by atomic mass is 32.2. The first kappa shape index (κ1) is 28.2. The average molecular weight is 606 g/mol. The number of carbonyl (C=O) groups is 1. The molecule has 0 aliphatic rings. The second kappa shape index (κ2) is 10.2. The molecule has 0 radical (unpaired) electrons. The fourth-order valence-corrected chi connectivity index (χ4v) is 6.47. The van der Waals surface area contributed by atoms with Crippen molar-refractivity contribution in [3.8, 4) is 5.75 Å². The highest BCUT2D eigenvalue weighted by molar-refractivity contribution is 7.94. The Kier molecular flexibility index (Phi) is 7.21. The molecule has 5 aromatic carbocycles. The van der Waals surface area contributed by atoms with E-state index in [4.69, 9.17) is 9.99 Å². The standard InChI is InChI=1S/C23H15BO13S3/c25-23(11-1-3-12(4-2-11)24(26)27)35-17-9-19(39(29,30)31)15-7-8-16-20(40(32,33)34)10-18(38-37-36-28)14-6-5-13(17)21(15)22(14)16/h1-10,26-28H,(H,29,30,31)(H,32,33,34). The van der Waals surface area contributed by atoms with Crippen LogP contribution in [0.1, 0.15) is 10.4 Å². The fraction of sp³-hybridized carbons (Fsp3) is 0. The number of ether oxygens (including phenoxy) is 1. The number of hydrogen-bond acceptors (Lipinski definition) is 12. The zero-order valence-corrected chi connectivity index (χ0v) is 22.0. The van der Waals surface area contributed by atoms with Crippen molar-refractivity contribution in [1.82, 2.24) is 0 Å². The lowest BCUT2D eigenvalue weighted by atomic mass is 9.80. The van der Waals surface area contributed by atoms with E-state index in [1.807, 2.05) is 0 Å². The Balaban J connectivity index is 1.83. The Hall–Kier alpha value is -3.36. The highest BCUT2D eigenvalue weighted by Gasteiger charge is 2.27. The van der Waals surface area contributed by atoms with E-state index in [-0.39, 0.29) is 54.0 Å². The summed E-state index contributed by atoms with van der Waals surface area (Å²) in [5.74, 6) is -1.27. The summed E-state index contributed by atoms with van der Waals surface area (Å²) in [5, 5.41) is 31.2. The fourth-order valence-electron chi connectivity index (χ4n) is 4.45. The Labute approximate surface area is 229 Å². The van der Waals surface area contributed by atoms with E-state index in [9.17, 15) is 40.8 Å². The number of rotatable bonds is 8. The molecule has 13 nitrogen and oxygen atoms in total. The molecule has 0 saturated carbocycles. The van der Waals surface area contributed by atoms with Gasteiger partial charge in [0.25, 0.3) is 20.2 Å². The molecule has 17 heteroatoms. The van der Waals surface area contributed by atoms with Crippen LogP contribution in [0.5, 0.6) is 5.75 Å². The third kappa shape index (κ3) is 4.99. The van der Waals surface area contributed by atoms with Crippen LogP contribution < -0.4 is 10.2 Å². The van der Waals surface area contributed by atoms with E-state index in [0.717, 1.165) is 12.1 Å². The van der Waals surface area contributed by atoms with Crippen LogP contribution in [-0.2, 0) is 29.6 Å². The lowest BCUT2D eigenvalue weighted by molar-refractivity contribution is -0.432. The molecule has 0 saturated heterocycles. The zero-order valence-electron chi connectivity index (χ0n) is 19.6. The van der Waals surface area contributed by atoms with Crippen LogP contribution in [0.15, 0.2) is 75.4 Å². The molecular weight excluding hydrogens is 591 g/mol. The van der Waals surface area contributed by atoms with Crippen LogP contribution >= 0.6 is 12.0 Å². The molecule has 5 rings (SSSR count). The van der Waals surface area contributed by atoms with Gasteiger partial charge in [-0.05, 0) is 35.1 Å². The van der Waals surface area contributed by atoms with Crippen molar-refractivity contribution >= 4 is 83.1 Å². The van der Waals surface area contributed by atoms with Gasteiger partial charge in [0, 0.05) is 37.9 Å². The number of hydrogen-bond donors (Lipinski definition) is 5. The molecule has 0 heterocycles. The quantitative estimate of drug-likeness (QED) is 0.0251. The van der Waals surface area contributed by atoms with Crippen LogP contribution in [0.4, 0.5) is 0 Å². The first-order chi connectivity index (χ1) is 18.8. The van der Waals surface area contributed by atoms with Crippen molar-refractivity contribution in [2.75, 3.05) is 0 Å². The first-order valence-corrected chi connectivity index (χ1v) is 14.5. The monoisotopic (exact) mass is 606 g/mol. The average Bonchev–Trinajstić information content (AvgIpc) is 2.89. The van der Waals surface area contributed by atoms with E-state index < -0.39 is 43.1 Å². The minimum absolute atomic E-state index is 0.0306. The van der Waals surface area contributed by atoms with Gasteiger partial charge in [-0.25, -0.2) is 10.1 Å². The van der Waals surface area contributed by atoms with Crippen LogP contribution in [0.2, 0.25) is 0 Å². The molecule has 0 aliphatic heterocycles. The number of carbonyl (C=O) groups excluding carboxylic acids is 1. The Morgan fingerprint density at radius 3 is 1.82 bits per heavy atom. The van der Waals surface area contributed by atoms with Gasteiger partial charge in [0.1, 0.15) is 15.5 Å². The number of benzene rings is 5. The summed E-state index contributed by atoms with van der Waals surface area (Å²) in [6, 6.07) is 12.4. The van der Waals surface area contributed by atoms with Gasteiger partial charge in [-0.2, -0.15) is 16.8 Å². The van der Waals surface area contributed by atoms with Gasteiger partial charge < -0.3 is 14.8 Å². The molecule has 0 spiro atoms. The van der Waals surface area contributed by atoms with Crippen molar-refractivity contribution in [3.63, 3.8) is 0 Å². The summed E-state index contributed by atoms with van der Waals surface area (Å²) in [5.41, 5.74) is 0.0730. The summed E-state index contributed by atoms with van der Waals surface area (Å²) in [7, 11) is -11.5. The molecular formula is C23H15BO13S3. The van der Waals surface area contributed by atoms with E-state index in [1.165, 1.54) is 48.5 Å². The maximum Gasteiger partial charge on any atom is 0.488 e. The maximum absolute atomic E-state index is 12.9. The van der Waals surface area contributed by atoms with Crippen molar-refractivity contribution in [2.45, 2.75) is 14.7 Å². The van der Waals surface area contributed by atoms with Gasteiger partial charge >= 0.3 is 13.1 Å².